The minimum absolute atomic E-state index is 0.00637. The first-order valence-electron chi connectivity index (χ1n) is 5.91. The molecule has 2 rings (SSSR count). The summed E-state index contributed by atoms with van der Waals surface area (Å²) in [6.45, 7) is 0. The first kappa shape index (κ1) is 13.2. The third-order valence-corrected chi connectivity index (χ3v) is 3.42. The Labute approximate surface area is 110 Å². The molecule has 1 aliphatic rings. The average Bonchev–Trinajstić information content (AvgIpc) is 2.33. The minimum Gasteiger partial charge on any atom is -0.507 e. The third kappa shape index (κ3) is 2.33. The second-order valence-electron chi connectivity index (χ2n) is 4.58. The first-order chi connectivity index (χ1) is 8.98. The van der Waals surface area contributed by atoms with Crippen LogP contribution in [0.25, 0.3) is 0 Å². The molecule has 0 saturated heterocycles. The summed E-state index contributed by atoms with van der Waals surface area (Å²) in [7, 11) is 1.44. The van der Waals surface area contributed by atoms with Crippen LogP contribution in [0.2, 0.25) is 0 Å². The molecule has 1 fully saturated rings. The van der Waals surface area contributed by atoms with E-state index in [0.29, 0.717) is 18.6 Å². The van der Waals surface area contributed by atoms with Gasteiger partial charge >= 0.3 is 5.97 Å². The standard InChI is InChI=1S/C13H15NO5/c1-19-8-3-4-10(15)9(7-8)11(16)14-13(12(17)18)5-2-6-13/h3-4,7,15H,2,5-6H2,1H3,(H,14,16)(H,17,18). The summed E-state index contributed by atoms with van der Waals surface area (Å²) in [5.41, 5.74) is -1.20. The van der Waals surface area contributed by atoms with Gasteiger partial charge in [-0.15, -0.1) is 0 Å². The quantitative estimate of drug-likeness (QED) is 0.758. The van der Waals surface area contributed by atoms with Crippen LogP contribution in [-0.2, 0) is 4.79 Å². The Bertz CT molecular complexity index is 522. The third-order valence-electron chi connectivity index (χ3n) is 3.42. The number of phenolic OH excluding ortho intramolecular Hbond substituents is 1. The maximum Gasteiger partial charge on any atom is 0.329 e. The molecule has 102 valence electrons. The number of ether oxygens (including phenoxy) is 1. The maximum atomic E-state index is 12.1. The topological polar surface area (TPSA) is 95.9 Å². The van der Waals surface area contributed by atoms with E-state index in [0.717, 1.165) is 6.42 Å². The first-order valence-corrected chi connectivity index (χ1v) is 5.91. The Morgan fingerprint density at radius 1 is 1.37 bits per heavy atom. The van der Waals surface area contributed by atoms with Gasteiger partial charge in [0.2, 0.25) is 0 Å². The van der Waals surface area contributed by atoms with Crippen LogP contribution in [0.15, 0.2) is 18.2 Å². The summed E-state index contributed by atoms with van der Waals surface area (Å²) in [6.07, 6.45) is 1.56. The number of methoxy groups -OCH3 is 1. The lowest BCUT2D eigenvalue weighted by atomic mass is 9.76. The van der Waals surface area contributed by atoms with Crippen LogP contribution in [0, 0.1) is 0 Å². The van der Waals surface area contributed by atoms with Gasteiger partial charge in [0, 0.05) is 0 Å². The molecule has 0 radical (unpaired) electrons. The number of phenols is 1. The van der Waals surface area contributed by atoms with Crippen molar-refractivity contribution in [1.29, 1.82) is 0 Å². The van der Waals surface area contributed by atoms with Crippen molar-refractivity contribution in [1.82, 2.24) is 5.32 Å². The second kappa shape index (κ2) is 4.79. The van der Waals surface area contributed by atoms with Gasteiger partial charge in [-0.1, -0.05) is 0 Å². The van der Waals surface area contributed by atoms with Crippen molar-refractivity contribution in [3.63, 3.8) is 0 Å². The molecule has 19 heavy (non-hydrogen) atoms. The van der Waals surface area contributed by atoms with Gasteiger partial charge < -0.3 is 20.3 Å². The number of amides is 1. The summed E-state index contributed by atoms with van der Waals surface area (Å²) in [4.78, 5) is 23.2. The van der Waals surface area contributed by atoms with Crippen molar-refractivity contribution in [2.45, 2.75) is 24.8 Å². The van der Waals surface area contributed by atoms with Gasteiger partial charge in [0.25, 0.3) is 5.91 Å². The summed E-state index contributed by atoms with van der Waals surface area (Å²) in [5, 5.41) is 21.3. The number of nitrogens with one attached hydrogen (secondary N) is 1. The van der Waals surface area contributed by atoms with E-state index in [9.17, 15) is 14.7 Å². The predicted octanol–water partition coefficient (Wildman–Crippen LogP) is 1.14. The van der Waals surface area contributed by atoms with Gasteiger partial charge in [0.1, 0.15) is 17.0 Å². The molecule has 6 heteroatoms. The highest BCUT2D eigenvalue weighted by atomic mass is 16.5. The number of hydrogen-bond acceptors (Lipinski definition) is 4. The largest absolute Gasteiger partial charge is 0.507 e. The number of benzene rings is 1. The maximum absolute atomic E-state index is 12.1. The van der Waals surface area contributed by atoms with E-state index in [4.69, 9.17) is 9.84 Å². The van der Waals surface area contributed by atoms with Gasteiger partial charge in [0.15, 0.2) is 0 Å². The smallest absolute Gasteiger partial charge is 0.329 e. The zero-order valence-electron chi connectivity index (χ0n) is 10.5. The van der Waals surface area contributed by atoms with Gasteiger partial charge in [-0.05, 0) is 37.5 Å². The number of rotatable bonds is 4. The molecule has 3 N–H and O–H groups in total. The molecule has 0 spiro atoms. The highest BCUT2D eigenvalue weighted by Crippen LogP contribution is 2.33. The Morgan fingerprint density at radius 2 is 2.05 bits per heavy atom. The molecule has 6 nitrogen and oxygen atoms in total. The van der Waals surface area contributed by atoms with Crippen molar-refractivity contribution in [3.8, 4) is 11.5 Å². The van der Waals surface area contributed by atoms with E-state index in [1.165, 1.54) is 25.3 Å². The highest BCUT2D eigenvalue weighted by molar-refractivity contribution is 6.00. The molecule has 0 bridgehead atoms. The van der Waals surface area contributed by atoms with Gasteiger partial charge in [-0.2, -0.15) is 0 Å². The number of carbonyl (C=O) groups is 2. The van der Waals surface area contributed by atoms with Crippen molar-refractivity contribution in [2.75, 3.05) is 7.11 Å². The summed E-state index contributed by atoms with van der Waals surface area (Å²) in [6, 6.07) is 4.23. The fourth-order valence-corrected chi connectivity index (χ4v) is 2.03. The van der Waals surface area contributed by atoms with E-state index in [2.05, 4.69) is 5.32 Å². The monoisotopic (exact) mass is 265 g/mol. The van der Waals surface area contributed by atoms with Crippen LogP contribution in [0.5, 0.6) is 11.5 Å². The number of carboxylic acid groups (broad SMARTS) is 1. The molecular weight excluding hydrogens is 250 g/mol. The SMILES string of the molecule is COc1ccc(O)c(C(=O)NC2(C(=O)O)CCC2)c1. The van der Waals surface area contributed by atoms with Crippen molar-refractivity contribution in [3.05, 3.63) is 23.8 Å². The van der Waals surface area contributed by atoms with Crippen LogP contribution in [0.4, 0.5) is 0 Å². The fraction of sp³-hybridized carbons (Fsp3) is 0.385. The Hall–Kier alpha value is -2.24. The Morgan fingerprint density at radius 3 is 2.53 bits per heavy atom. The average molecular weight is 265 g/mol. The molecule has 1 amide bonds. The Balaban J connectivity index is 2.22. The normalized spacial score (nSPS) is 16.3. The molecule has 1 aromatic rings. The van der Waals surface area contributed by atoms with Gasteiger partial charge in [0.05, 0.1) is 12.7 Å². The lowest BCUT2D eigenvalue weighted by Gasteiger charge is -2.38. The van der Waals surface area contributed by atoms with Gasteiger partial charge in [-0.3, -0.25) is 4.79 Å². The zero-order chi connectivity index (χ0) is 14.0. The van der Waals surface area contributed by atoms with Crippen LogP contribution in [0.1, 0.15) is 29.6 Å². The molecule has 0 aromatic heterocycles. The molecule has 0 unspecified atom stereocenters. The van der Waals surface area contributed by atoms with Crippen molar-refractivity contribution in [2.24, 2.45) is 0 Å². The van der Waals surface area contributed by atoms with Crippen LogP contribution in [-0.4, -0.2) is 34.7 Å². The van der Waals surface area contributed by atoms with Crippen LogP contribution in [0.3, 0.4) is 0 Å². The van der Waals surface area contributed by atoms with E-state index >= 15 is 0 Å². The highest BCUT2D eigenvalue weighted by Gasteiger charge is 2.46. The van der Waals surface area contributed by atoms with Crippen molar-refractivity contribution < 1.29 is 24.5 Å². The number of aromatic hydroxyl groups is 1. The summed E-state index contributed by atoms with van der Waals surface area (Å²) >= 11 is 0. The van der Waals surface area contributed by atoms with Gasteiger partial charge in [-0.25, -0.2) is 4.79 Å². The fourth-order valence-electron chi connectivity index (χ4n) is 2.03. The van der Waals surface area contributed by atoms with Crippen molar-refractivity contribution >= 4 is 11.9 Å². The number of carboxylic acids is 1. The predicted molar refractivity (Wildman–Crippen MR) is 66.3 cm³/mol. The van der Waals surface area contributed by atoms with Crippen LogP contribution >= 0.6 is 0 Å². The van der Waals surface area contributed by atoms with E-state index in [1.54, 1.807) is 0 Å². The van der Waals surface area contributed by atoms with E-state index < -0.39 is 17.4 Å². The zero-order valence-corrected chi connectivity index (χ0v) is 10.5. The summed E-state index contributed by atoms with van der Waals surface area (Å²) < 4.78 is 4.97. The number of carbonyl (C=O) groups excluding carboxylic acids is 1. The summed E-state index contributed by atoms with van der Waals surface area (Å²) in [5.74, 6) is -1.45. The molecule has 1 aromatic carbocycles. The molecular formula is C13H15NO5. The van der Waals surface area contributed by atoms with E-state index in [-0.39, 0.29) is 11.3 Å². The molecule has 1 aliphatic carbocycles. The Kier molecular flexibility index (Phi) is 3.33. The minimum atomic E-state index is -1.20. The number of aliphatic carboxylic acids is 1. The molecule has 0 aliphatic heterocycles. The second-order valence-corrected chi connectivity index (χ2v) is 4.58. The van der Waals surface area contributed by atoms with E-state index in [1.807, 2.05) is 0 Å². The lowest BCUT2D eigenvalue weighted by Crippen LogP contribution is -2.59. The molecule has 0 atom stereocenters. The molecule has 1 saturated carbocycles. The number of hydrogen-bond donors (Lipinski definition) is 3. The lowest BCUT2D eigenvalue weighted by molar-refractivity contribution is -0.148. The van der Waals surface area contributed by atoms with Crippen LogP contribution < -0.4 is 10.1 Å². The molecule has 0 heterocycles.